The van der Waals surface area contributed by atoms with Crippen LogP contribution in [0.25, 0.3) is 46.4 Å². The molecule has 1 amide bonds. The van der Waals surface area contributed by atoms with Gasteiger partial charge in [0.05, 0.1) is 28.3 Å². The van der Waals surface area contributed by atoms with Gasteiger partial charge in [-0.2, -0.15) is 0 Å². The number of aromatic amines is 2. The van der Waals surface area contributed by atoms with Crippen LogP contribution in [-0.2, 0) is 10.0 Å². The Bertz CT molecular complexity index is 1770. The van der Waals surface area contributed by atoms with Crippen LogP contribution in [0.4, 0.5) is 0 Å². The molecule has 1 aromatic carbocycles. The number of hydrogen-bond acceptors (Lipinski definition) is 5. The lowest BCUT2D eigenvalue weighted by molar-refractivity contribution is 0.0985. The van der Waals surface area contributed by atoms with E-state index in [2.05, 4.69) is 50.3 Å². The van der Waals surface area contributed by atoms with Crippen molar-refractivity contribution in [1.82, 2.24) is 24.7 Å². The second kappa shape index (κ2) is 8.47. The van der Waals surface area contributed by atoms with E-state index in [1.807, 2.05) is 47.2 Å². The quantitative estimate of drug-likeness (QED) is 0.281. The van der Waals surface area contributed by atoms with E-state index < -0.39 is 15.9 Å². The first-order valence-corrected chi connectivity index (χ1v) is 12.6. The Labute approximate surface area is 206 Å². The number of hydrogen-bond donors (Lipinski definition) is 3. The van der Waals surface area contributed by atoms with Crippen molar-refractivity contribution < 1.29 is 13.2 Å². The van der Waals surface area contributed by atoms with Crippen molar-refractivity contribution in [3.8, 4) is 0 Å². The molecule has 0 unspecified atom stereocenters. The lowest BCUT2D eigenvalue weighted by Gasteiger charge is -1.91. The molecule has 0 saturated carbocycles. The van der Waals surface area contributed by atoms with Gasteiger partial charge >= 0.3 is 0 Å². The highest BCUT2D eigenvalue weighted by molar-refractivity contribution is 7.90. The summed E-state index contributed by atoms with van der Waals surface area (Å²) < 4.78 is 24.2. The second-order valence-electron chi connectivity index (χ2n) is 8.34. The highest BCUT2D eigenvalue weighted by Gasteiger charge is 2.31. The van der Waals surface area contributed by atoms with E-state index in [-0.39, 0.29) is 10.5 Å². The van der Waals surface area contributed by atoms with Gasteiger partial charge in [-0.3, -0.25) is 4.79 Å². The smallest absolute Gasteiger partial charge is 0.266 e. The van der Waals surface area contributed by atoms with Crippen LogP contribution in [0.2, 0.25) is 0 Å². The van der Waals surface area contributed by atoms with Crippen molar-refractivity contribution in [3.63, 3.8) is 0 Å². The summed E-state index contributed by atoms with van der Waals surface area (Å²) >= 11 is 0. The Morgan fingerprint density at radius 3 is 1.58 bits per heavy atom. The molecule has 176 valence electrons. The summed E-state index contributed by atoms with van der Waals surface area (Å²) in [6, 6.07) is 22.5. The summed E-state index contributed by atoms with van der Waals surface area (Å²) in [7, 11) is -3.55. The molecule has 0 radical (unpaired) electrons. The van der Waals surface area contributed by atoms with Gasteiger partial charge in [-0.25, -0.2) is 23.1 Å². The van der Waals surface area contributed by atoms with E-state index in [9.17, 15) is 13.2 Å². The normalized spacial score (nSPS) is 14.6. The van der Waals surface area contributed by atoms with E-state index in [1.165, 1.54) is 12.1 Å². The maximum Gasteiger partial charge on any atom is 0.266 e. The molecule has 3 aliphatic rings. The zero-order valence-electron chi connectivity index (χ0n) is 18.8. The Morgan fingerprint density at radius 2 is 1.06 bits per heavy atom. The molecule has 6 heterocycles. The van der Waals surface area contributed by atoms with Crippen molar-refractivity contribution in [2.24, 2.45) is 0 Å². The largest absolute Gasteiger partial charge is 0.355 e. The highest BCUT2D eigenvalue weighted by atomic mass is 32.2. The summed E-state index contributed by atoms with van der Waals surface area (Å²) in [5, 5.41) is 0. The first-order valence-electron chi connectivity index (χ1n) is 11.1. The van der Waals surface area contributed by atoms with Crippen LogP contribution >= 0.6 is 0 Å². The summed E-state index contributed by atoms with van der Waals surface area (Å²) in [6.07, 6.45) is 8.05. The van der Waals surface area contributed by atoms with Gasteiger partial charge in [0.15, 0.2) is 0 Å². The number of carbonyl (C=O) groups excluding carboxylic acids is 1. The number of amides is 1. The summed E-state index contributed by atoms with van der Waals surface area (Å²) in [4.78, 5) is 27.1. The molecule has 7 rings (SSSR count). The molecule has 8 bridgehead atoms. The van der Waals surface area contributed by atoms with Gasteiger partial charge in [-0.05, 0) is 85.0 Å². The molecule has 36 heavy (non-hydrogen) atoms. The van der Waals surface area contributed by atoms with Gasteiger partial charge in [-0.1, -0.05) is 12.1 Å². The number of fused-ring (bicyclic) bond motifs is 9. The molecule has 0 fully saturated rings. The van der Waals surface area contributed by atoms with Crippen LogP contribution in [-0.4, -0.2) is 34.3 Å². The first-order chi connectivity index (χ1) is 17.4. The van der Waals surface area contributed by atoms with E-state index in [0.29, 0.717) is 0 Å². The molecule has 3 aliphatic heterocycles. The van der Waals surface area contributed by atoms with Gasteiger partial charge in [0, 0.05) is 22.1 Å². The number of nitrogens with zero attached hydrogens (tertiary/aromatic N) is 2. The average Bonchev–Trinajstić information content (AvgIpc) is 3.67. The minimum absolute atomic E-state index is 0.0648. The highest BCUT2D eigenvalue weighted by Crippen LogP contribution is 2.21. The molecule has 4 aromatic rings. The van der Waals surface area contributed by atoms with Crippen molar-refractivity contribution in [1.29, 1.82) is 0 Å². The monoisotopic (exact) mass is 493 g/mol. The molecular formula is C27H19N5O3S. The lowest BCUT2D eigenvalue weighted by Crippen LogP contribution is -2.20. The van der Waals surface area contributed by atoms with Gasteiger partial charge in [-0.15, -0.1) is 0 Å². The van der Waals surface area contributed by atoms with Crippen LogP contribution in [0.15, 0.2) is 77.7 Å². The maximum absolute atomic E-state index is 11.1. The fourth-order valence-corrected chi connectivity index (χ4v) is 5.24. The third-order valence-corrected chi connectivity index (χ3v) is 7.08. The van der Waals surface area contributed by atoms with Crippen molar-refractivity contribution in [3.05, 3.63) is 101 Å². The summed E-state index contributed by atoms with van der Waals surface area (Å²) in [6.45, 7) is 0. The molecular weight excluding hydrogens is 474 g/mol. The average molecular weight is 494 g/mol. The van der Waals surface area contributed by atoms with E-state index in [4.69, 9.17) is 0 Å². The molecule has 0 atom stereocenters. The van der Waals surface area contributed by atoms with E-state index in [0.717, 1.165) is 44.8 Å². The molecule has 3 N–H and O–H groups in total. The summed E-state index contributed by atoms with van der Waals surface area (Å²) in [5.41, 5.74) is 8.08. The number of rotatable bonds is 0. The second-order valence-corrected chi connectivity index (χ2v) is 9.99. The van der Waals surface area contributed by atoms with Gasteiger partial charge < -0.3 is 9.97 Å². The standard InChI is InChI=1S/C20H14N4.C7H5NO3S/c1-2-14-10-16-5-6-18(23-16)12-20-8-7-19(24-20)11-17-4-3-15(22-17)9-13(1)21-14;9-7-5-3-1-2-4-6(5)12(10,11)8-7/h1-12,21-22H;1-4H,(H,8,9). The molecule has 0 saturated heterocycles. The molecule has 3 aromatic heterocycles. The Morgan fingerprint density at radius 1 is 0.583 bits per heavy atom. The number of benzene rings is 1. The topological polar surface area (TPSA) is 121 Å². The Hall–Kier alpha value is -4.76. The van der Waals surface area contributed by atoms with Crippen molar-refractivity contribution in [2.75, 3.05) is 0 Å². The van der Waals surface area contributed by atoms with E-state index in [1.54, 1.807) is 12.1 Å². The Balaban J connectivity index is 0.000000168. The van der Waals surface area contributed by atoms with Crippen LogP contribution in [0.3, 0.4) is 0 Å². The fraction of sp³-hybridized carbons (Fsp3) is 0. The Kier molecular flexibility index (Phi) is 5.12. The minimum Gasteiger partial charge on any atom is -0.355 e. The van der Waals surface area contributed by atoms with Crippen LogP contribution < -0.4 is 4.72 Å². The zero-order chi connectivity index (χ0) is 24.7. The van der Waals surface area contributed by atoms with Gasteiger partial charge in [0.1, 0.15) is 4.90 Å². The lowest BCUT2D eigenvalue weighted by atomic mass is 10.2. The maximum atomic E-state index is 11.1. The number of H-pyrrole nitrogens is 2. The predicted octanol–water partition coefficient (Wildman–Crippen LogP) is 4.77. The van der Waals surface area contributed by atoms with Gasteiger partial charge in [0.25, 0.3) is 15.9 Å². The third kappa shape index (κ3) is 4.35. The SMILES string of the molecule is C1=Cc2cc3ccc(cc4ccc(cc5nc(cc1n2)C=C5)[nH]4)[nH]3.O=C1NS(=O)(=O)c2ccccc21. The summed E-state index contributed by atoms with van der Waals surface area (Å²) in [5.74, 6) is -0.550. The van der Waals surface area contributed by atoms with Crippen LogP contribution in [0, 0.1) is 0 Å². The van der Waals surface area contributed by atoms with Crippen LogP contribution in [0.1, 0.15) is 33.1 Å². The zero-order valence-corrected chi connectivity index (χ0v) is 19.6. The molecule has 0 spiro atoms. The number of sulfonamides is 1. The van der Waals surface area contributed by atoms with Crippen molar-refractivity contribution in [2.45, 2.75) is 4.90 Å². The first kappa shape index (κ1) is 21.8. The number of nitrogens with one attached hydrogen (secondary N) is 3. The number of carbonyl (C=O) groups is 1. The third-order valence-electron chi connectivity index (χ3n) is 5.69. The molecule has 9 heteroatoms. The molecule has 8 nitrogen and oxygen atoms in total. The number of aromatic nitrogens is 4. The predicted molar refractivity (Wildman–Crippen MR) is 140 cm³/mol. The molecule has 0 aliphatic carbocycles. The van der Waals surface area contributed by atoms with E-state index >= 15 is 0 Å². The fourth-order valence-electron chi connectivity index (χ4n) is 4.06. The van der Waals surface area contributed by atoms with Gasteiger partial charge in [0.2, 0.25) is 0 Å². The minimum atomic E-state index is -3.55. The van der Waals surface area contributed by atoms with Crippen LogP contribution in [0.5, 0.6) is 0 Å². The van der Waals surface area contributed by atoms with Crippen molar-refractivity contribution >= 4 is 62.3 Å².